The Morgan fingerprint density at radius 1 is 1.08 bits per heavy atom. The van der Waals surface area contributed by atoms with E-state index in [1.54, 1.807) is 4.72 Å². The Labute approximate surface area is 210 Å². The fourth-order valence-electron chi connectivity index (χ4n) is 3.90. The average Bonchev–Trinajstić information content (AvgIpc) is 3.04. The maximum atomic E-state index is 13.2. The van der Waals surface area contributed by atoms with Crippen molar-refractivity contribution in [3.8, 4) is 0 Å². The minimum absolute atomic E-state index is 0.229. The van der Waals surface area contributed by atoms with Crippen molar-refractivity contribution in [2.75, 3.05) is 16.2 Å². The van der Waals surface area contributed by atoms with E-state index in [0.29, 0.717) is 25.2 Å². The van der Waals surface area contributed by atoms with Gasteiger partial charge in [0.05, 0.1) is 10.6 Å². The summed E-state index contributed by atoms with van der Waals surface area (Å²) in [6.07, 6.45) is 3.41. The number of benzene rings is 2. The zero-order valence-electron chi connectivity index (χ0n) is 19.2. The number of sulfonamides is 1. The number of fused-ring (bicyclic) bond motifs is 1. The molecule has 0 bridgehead atoms. The number of rotatable bonds is 7. The highest BCUT2D eigenvalue weighted by Gasteiger charge is 2.46. The van der Waals surface area contributed by atoms with Gasteiger partial charge in [0.15, 0.2) is 0 Å². The van der Waals surface area contributed by atoms with Crippen molar-refractivity contribution in [3.05, 3.63) is 82.0 Å². The summed E-state index contributed by atoms with van der Waals surface area (Å²) in [6.45, 7) is 1.06. The SMILES string of the molecule is O=[N+]([O-])c1cccnc1N=Nc1cc2c(cc1NS(=O)(=O)C(F)(F)F)N(Cc1ccccc1)CCCC2. The third-order valence-corrected chi connectivity index (χ3v) is 6.74. The van der Waals surface area contributed by atoms with Crippen LogP contribution in [0.5, 0.6) is 0 Å². The van der Waals surface area contributed by atoms with Crippen LogP contribution in [0.3, 0.4) is 0 Å². The number of pyridine rings is 1. The number of hydrogen-bond acceptors (Lipinski definition) is 8. The van der Waals surface area contributed by atoms with E-state index in [-0.39, 0.29) is 11.5 Å². The zero-order valence-corrected chi connectivity index (χ0v) is 20.0. The van der Waals surface area contributed by atoms with E-state index in [0.717, 1.165) is 30.0 Å². The molecule has 0 unspecified atom stereocenters. The van der Waals surface area contributed by atoms with Crippen LogP contribution in [-0.4, -0.2) is 30.4 Å². The molecule has 3 aromatic rings. The number of nitrogens with zero attached hydrogens (tertiary/aromatic N) is 5. The molecule has 0 saturated carbocycles. The molecule has 1 aromatic heterocycles. The van der Waals surface area contributed by atoms with Crippen LogP contribution >= 0.6 is 0 Å². The first-order chi connectivity index (χ1) is 17.5. The number of aryl methyl sites for hydroxylation is 1. The van der Waals surface area contributed by atoms with E-state index in [9.17, 15) is 31.7 Å². The van der Waals surface area contributed by atoms with Gasteiger partial charge in [-0.1, -0.05) is 30.3 Å². The van der Waals surface area contributed by atoms with Crippen LogP contribution in [0.2, 0.25) is 0 Å². The summed E-state index contributed by atoms with van der Waals surface area (Å²) in [5.41, 5.74) is -4.47. The largest absolute Gasteiger partial charge is 0.516 e. The van der Waals surface area contributed by atoms with E-state index in [1.807, 2.05) is 35.2 Å². The van der Waals surface area contributed by atoms with Gasteiger partial charge in [0.2, 0.25) is 0 Å². The van der Waals surface area contributed by atoms with Crippen molar-refractivity contribution in [1.82, 2.24) is 4.98 Å². The summed E-state index contributed by atoms with van der Waals surface area (Å²) < 4.78 is 65.2. The first kappa shape index (κ1) is 26.0. The molecular formula is C23H21F3N6O4S. The monoisotopic (exact) mass is 534 g/mol. The molecule has 10 nitrogen and oxygen atoms in total. The minimum Gasteiger partial charge on any atom is -0.367 e. The first-order valence-corrected chi connectivity index (χ1v) is 12.6. The Kier molecular flexibility index (Phi) is 7.38. The number of nitro groups is 1. The summed E-state index contributed by atoms with van der Waals surface area (Å²) in [5.74, 6) is -0.377. The summed E-state index contributed by atoms with van der Waals surface area (Å²) in [4.78, 5) is 16.3. The van der Waals surface area contributed by atoms with Crippen LogP contribution in [0.15, 0.2) is 71.0 Å². The molecule has 1 N–H and O–H groups in total. The van der Waals surface area contributed by atoms with Crippen LogP contribution < -0.4 is 9.62 Å². The van der Waals surface area contributed by atoms with Crippen LogP contribution in [0.25, 0.3) is 0 Å². The maximum absolute atomic E-state index is 13.2. The number of aromatic nitrogens is 1. The third-order valence-electron chi connectivity index (χ3n) is 5.64. The van der Waals surface area contributed by atoms with E-state index >= 15 is 0 Å². The molecule has 0 saturated heterocycles. The third kappa shape index (κ3) is 6.02. The highest BCUT2D eigenvalue weighted by Crippen LogP contribution is 2.40. The second-order valence-electron chi connectivity index (χ2n) is 8.22. The summed E-state index contributed by atoms with van der Waals surface area (Å²) >= 11 is 0. The number of nitrogens with one attached hydrogen (secondary N) is 1. The summed E-state index contributed by atoms with van der Waals surface area (Å²) in [5, 5.41) is 18.9. The molecule has 0 amide bonds. The Hall–Kier alpha value is -4.07. The number of halogens is 3. The van der Waals surface area contributed by atoms with Crippen molar-refractivity contribution in [2.24, 2.45) is 10.2 Å². The van der Waals surface area contributed by atoms with E-state index < -0.39 is 31.8 Å². The lowest BCUT2D eigenvalue weighted by Crippen LogP contribution is -2.30. The number of hydrogen-bond donors (Lipinski definition) is 1. The lowest BCUT2D eigenvalue weighted by atomic mass is 10.1. The smallest absolute Gasteiger partial charge is 0.367 e. The second kappa shape index (κ2) is 10.5. The van der Waals surface area contributed by atoms with Crippen molar-refractivity contribution >= 4 is 38.6 Å². The van der Waals surface area contributed by atoms with Crippen LogP contribution in [0.4, 0.5) is 41.7 Å². The fraction of sp³-hybridized carbons (Fsp3) is 0.261. The van der Waals surface area contributed by atoms with Crippen LogP contribution in [0.1, 0.15) is 24.0 Å². The van der Waals surface area contributed by atoms with Gasteiger partial charge < -0.3 is 4.90 Å². The van der Waals surface area contributed by atoms with Crippen molar-refractivity contribution < 1.29 is 26.5 Å². The first-order valence-electron chi connectivity index (χ1n) is 11.1. The molecule has 1 aliphatic rings. The molecule has 2 aromatic carbocycles. The van der Waals surface area contributed by atoms with Gasteiger partial charge in [-0.15, -0.1) is 10.2 Å². The Bertz CT molecular complexity index is 1430. The molecule has 2 heterocycles. The van der Waals surface area contributed by atoms with Crippen LogP contribution in [-0.2, 0) is 23.0 Å². The van der Waals surface area contributed by atoms with E-state index in [1.165, 1.54) is 24.4 Å². The van der Waals surface area contributed by atoms with E-state index in [2.05, 4.69) is 15.2 Å². The second-order valence-corrected chi connectivity index (χ2v) is 9.89. The zero-order chi connectivity index (χ0) is 26.6. The lowest BCUT2D eigenvalue weighted by Gasteiger charge is -2.26. The standard InChI is InChI=1S/C23H21F3N6O4S/c24-23(25,26)37(35,36)30-19-14-21-17(9-4-5-12-31(21)15-16-7-2-1-3-8-16)13-18(19)28-29-22-20(32(33)34)10-6-11-27-22/h1-3,6-8,10-11,13-14,30H,4-5,9,12,15H2. The van der Waals surface area contributed by atoms with Gasteiger partial charge in [0.25, 0.3) is 5.82 Å². The molecule has 0 spiro atoms. The predicted octanol–water partition coefficient (Wildman–Crippen LogP) is 6.01. The quantitative estimate of drug-likeness (QED) is 0.224. The fourth-order valence-corrected chi connectivity index (χ4v) is 4.47. The lowest BCUT2D eigenvalue weighted by molar-refractivity contribution is -0.384. The van der Waals surface area contributed by atoms with Gasteiger partial charge in [-0.25, -0.2) is 4.98 Å². The molecule has 14 heteroatoms. The molecule has 194 valence electrons. The molecule has 0 radical (unpaired) electrons. The van der Waals surface area contributed by atoms with Crippen molar-refractivity contribution in [1.29, 1.82) is 0 Å². The highest BCUT2D eigenvalue weighted by atomic mass is 32.2. The Balaban J connectivity index is 1.81. The highest BCUT2D eigenvalue weighted by molar-refractivity contribution is 7.93. The van der Waals surface area contributed by atoms with Gasteiger partial charge >= 0.3 is 21.2 Å². The summed E-state index contributed by atoms with van der Waals surface area (Å²) in [6, 6.07) is 14.7. The molecule has 0 fully saturated rings. The Morgan fingerprint density at radius 3 is 2.54 bits per heavy atom. The number of anilines is 2. The van der Waals surface area contributed by atoms with Crippen LogP contribution in [0, 0.1) is 10.1 Å². The van der Waals surface area contributed by atoms with Gasteiger partial charge in [0, 0.05) is 31.0 Å². The normalized spacial score (nSPS) is 14.3. The Morgan fingerprint density at radius 2 is 1.84 bits per heavy atom. The molecular weight excluding hydrogens is 513 g/mol. The maximum Gasteiger partial charge on any atom is 0.516 e. The molecule has 4 rings (SSSR count). The van der Waals surface area contributed by atoms with Gasteiger partial charge in [0.1, 0.15) is 5.69 Å². The van der Waals surface area contributed by atoms with Gasteiger partial charge in [-0.2, -0.15) is 21.6 Å². The van der Waals surface area contributed by atoms with E-state index in [4.69, 9.17) is 0 Å². The van der Waals surface area contributed by atoms with Crippen molar-refractivity contribution in [2.45, 2.75) is 31.3 Å². The molecule has 0 aliphatic carbocycles. The number of alkyl halides is 3. The molecule has 0 atom stereocenters. The topological polar surface area (TPSA) is 130 Å². The number of azo groups is 1. The van der Waals surface area contributed by atoms with Gasteiger partial charge in [-0.3, -0.25) is 14.8 Å². The van der Waals surface area contributed by atoms with Crippen molar-refractivity contribution in [3.63, 3.8) is 0 Å². The average molecular weight is 535 g/mol. The summed E-state index contributed by atoms with van der Waals surface area (Å²) in [7, 11) is -5.78. The predicted molar refractivity (Wildman–Crippen MR) is 131 cm³/mol. The minimum atomic E-state index is -5.78. The molecule has 37 heavy (non-hydrogen) atoms. The van der Waals surface area contributed by atoms with Gasteiger partial charge in [-0.05, 0) is 48.6 Å². The molecule has 1 aliphatic heterocycles.